The fraction of sp³-hybridized carbons (Fsp3) is 0.292. The van der Waals surface area contributed by atoms with Gasteiger partial charge >= 0.3 is 6.18 Å². The van der Waals surface area contributed by atoms with Gasteiger partial charge in [-0.3, -0.25) is 14.6 Å². The molecule has 2 amide bonds. The molecule has 2 aromatic heterocycles. The summed E-state index contributed by atoms with van der Waals surface area (Å²) in [7, 11) is 1.41. The molecule has 0 saturated carbocycles. The Balaban J connectivity index is 2.01. The lowest BCUT2D eigenvalue weighted by atomic mass is 10.0. The van der Waals surface area contributed by atoms with Crippen LogP contribution < -0.4 is 16.0 Å². The first-order valence-corrected chi connectivity index (χ1v) is 11.0. The Bertz CT molecular complexity index is 1300. The van der Waals surface area contributed by atoms with E-state index in [-0.39, 0.29) is 40.9 Å². The molecule has 8 nitrogen and oxygen atoms in total. The first kappa shape index (κ1) is 27.4. The van der Waals surface area contributed by atoms with Crippen molar-refractivity contribution in [3.63, 3.8) is 0 Å². The number of nitrogens with one attached hydrogen (secondary N) is 3. The standard InChI is InChI=1S/C24H23F5N6O2/c1-12(2)20(23(37)30-3)35-22(36)18-8-19(32-10-13-4-5-16(25)7-17(13)26)34-21(33-18)14-6-15(11-31-9-14)24(27,28)29/h4-9,11-12,20H,10H2,1-3H3,(H,30,37)(H,35,36)(H,32,33,34). The van der Waals surface area contributed by atoms with Gasteiger partial charge in [-0.15, -0.1) is 0 Å². The third-order valence-corrected chi connectivity index (χ3v) is 5.24. The van der Waals surface area contributed by atoms with Crippen LogP contribution in [0.15, 0.2) is 42.7 Å². The Morgan fingerprint density at radius 2 is 1.76 bits per heavy atom. The van der Waals surface area contributed by atoms with Gasteiger partial charge in [0.25, 0.3) is 5.91 Å². The molecule has 0 aliphatic heterocycles. The highest BCUT2D eigenvalue weighted by molar-refractivity contribution is 5.97. The number of hydrogen-bond acceptors (Lipinski definition) is 6. The van der Waals surface area contributed by atoms with Crippen molar-refractivity contribution in [1.82, 2.24) is 25.6 Å². The van der Waals surface area contributed by atoms with Crippen LogP contribution in [0.5, 0.6) is 0 Å². The van der Waals surface area contributed by atoms with Gasteiger partial charge in [-0.05, 0) is 18.1 Å². The second-order valence-corrected chi connectivity index (χ2v) is 8.32. The Morgan fingerprint density at radius 3 is 2.38 bits per heavy atom. The molecule has 0 aliphatic carbocycles. The van der Waals surface area contributed by atoms with Crippen LogP contribution in [0.3, 0.4) is 0 Å². The number of anilines is 1. The smallest absolute Gasteiger partial charge is 0.366 e. The van der Waals surface area contributed by atoms with E-state index in [1.54, 1.807) is 13.8 Å². The van der Waals surface area contributed by atoms with E-state index in [2.05, 4.69) is 30.9 Å². The number of likely N-dealkylation sites (N-methyl/N-ethyl adjacent to an activating group) is 1. The zero-order valence-electron chi connectivity index (χ0n) is 20.0. The van der Waals surface area contributed by atoms with E-state index < -0.39 is 41.2 Å². The van der Waals surface area contributed by atoms with Crippen LogP contribution in [-0.4, -0.2) is 39.9 Å². The Kier molecular flexibility index (Phi) is 8.35. The van der Waals surface area contributed by atoms with Gasteiger partial charge in [-0.2, -0.15) is 13.2 Å². The number of amides is 2. The average molecular weight is 522 g/mol. The minimum atomic E-state index is -4.68. The molecule has 0 spiro atoms. The van der Waals surface area contributed by atoms with Gasteiger partial charge in [-0.25, -0.2) is 18.7 Å². The summed E-state index contributed by atoms with van der Waals surface area (Å²) in [4.78, 5) is 37.0. The summed E-state index contributed by atoms with van der Waals surface area (Å²) in [5, 5.41) is 7.76. The molecule has 1 unspecified atom stereocenters. The number of carbonyl (C=O) groups is 2. The molecule has 0 bridgehead atoms. The molecule has 1 aromatic carbocycles. The Labute approximate surface area is 208 Å². The highest BCUT2D eigenvalue weighted by Crippen LogP contribution is 2.31. The SMILES string of the molecule is CNC(=O)C(NC(=O)c1cc(NCc2ccc(F)cc2F)nc(-c2cncc(C(F)(F)F)c2)n1)C(C)C. The van der Waals surface area contributed by atoms with E-state index in [9.17, 15) is 31.5 Å². The molecule has 0 aliphatic rings. The molecule has 3 aromatic rings. The summed E-state index contributed by atoms with van der Waals surface area (Å²) in [6, 6.07) is 4.01. The van der Waals surface area contributed by atoms with Crippen molar-refractivity contribution in [1.29, 1.82) is 0 Å². The molecule has 0 saturated heterocycles. The van der Waals surface area contributed by atoms with Gasteiger partial charge in [0.1, 0.15) is 29.2 Å². The maximum absolute atomic E-state index is 14.1. The number of pyridine rings is 1. The monoisotopic (exact) mass is 522 g/mol. The largest absolute Gasteiger partial charge is 0.417 e. The van der Waals surface area contributed by atoms with Gasteiger partial charge in [0.05, 0.1) is 5.56 Å². The van der Waals surface area contributed by atoms with Crippen molar-refractivity contribution in [2.45, 2.75) is 32.6 Å². The summed E-state index contributed by atoms with van der Waals surface area (Å²) in [6.07, 6.45) is -2.96. The predicted octanol–water partition coefficient (Wildman–Crippen LogP) is 3.95. The third kappa shape index (κ3) is 6.96. The lowest BCUT2D eigenvalue weighted by molar-refractivity contribution is -0.137. The van der Waals surface area contributed by atoms with Crippen molar-refractivity contribution >= 4 is 17.6 Å². The summed E-state index contributed by atoms with van der Waals surface area (Å²) in [5.74, 6) is -3.43. The van der Waals surface area contributed by atoms with Crippen molar-refractivity contribution in [3.8, 4) is 11.4 Å². The molecule has 3 N–H and O–H groups in total. The molecule has 37 heavy (non-hydrogen) atoms. The van der Waals surface area contributed by atoms with Crippen LogP contribution in [-0.2, 0) is 17.5 Å². The second-order valence-electron chi connectivity index (χ2n) is 8.32. The molecule has 1 atom stereocenters. The third-order valence-electron chi connectivity index (χ3n) is 5.24. The number of halogens is 5. The maximum atomic E-state index is 14.1. The van der Waals surface area contributed by atoms with Crippen molar-refractivity contribution in [2.75, 3.05) is 12.4 Å². The van der Waals surface area contributed by atoms with Gasteiger partial charge in [-0.1, -0.05) is 19.9 Å². The average Bonchev–Trinajstić information content (AvgIpc) is 2.85. The topological polar surface area (TPSA) is 109 Å². The molecule has 2 heterocycles. The molecule has 0 fully saturated rings. The summed E-state index contributed by atoms with van der Waals surface area (Å²) < 4.78 is 66.9. The minimum Gasteiger partial charge on any atom is -0.366 e. The zero-order valence-corrected chi connectivity index (χ0v) is 20.0. The first-order valence-electron chi connectivity index (χ1n) is 11.0. The number of nitrogens with zero attached hydrogens (tertiary/aromatic N) is 3. The van der Waals surface area contributed by atoms with Crippen molar-refractivity contribution in [2.24, 2.45) is 5.92 Å². The summed E-state index contributed by atoms with van der Waals surface area (Å²) in [5.41, 5.74) is -1.37. The minimum absolute atomic E-state index is 0.0303. The Hall–Kier alpha value is -4.16. The fourth-order valence-corrected chi connectivity index (χ4v) is 3.26. The van der Waals surface area contributed by atoms with Crippen molar-refractivity contribution < 1.29 is 31.5 Å². The van der Waals surface area contributed by atoms with Crippen LogP contribution in [0.1, 0.15) is 35.5 Å². The van der Waals surface area contributed by atoms with E-state index in [0.29, 0.717) is 12.3 Å². The summed E-state index contributed by atoms with van der Waals surface area (Å²) >= 11 is 0. The number of rotatable bonds is 8. The molecule has 0 radical (unpaired) electrons. The van der Waals surface area contributed by atoms with E-state index in [0.717, 1.165) is 18.3 Å². The quantitative estimate of drug-likeness (QED) is 0.387. The summed E-state index contributed by atoms with van der Waals surface area (Å²) in [6.45, 7) is 3.24. The van der Waals surface area contributed by atoms with Crippen LogP contribution >= 0.6 is 0 Å². The normalized spacial score (nSPS) is 12.2. The predicted molar refractivity (Wildman–Crippen MR) is 124 cm³/mol. The highest BCUT2D eigenvalue weighted by atomic mass is 19.4. The molecule has 196 valence electrons. The van der Waals surface area contributed by atoms with E-state index in [1.165, 1.54) is 19.2 Å². The molecular weight excluding hydrogens is 499 g/mol. The number of benzene rings is 1. The van der Waals surface area contributed by atoms with Gasteiger partial charge in [0.2, 0.25) is 5.91 Å². The fourth-order valence-electron chi connectivity index (χ4n) is 3.26. The molecule has 3 rings (SSSR count). The first-order chi connectivity index (χ1) is 17.4. The van der Waals surface area contributed by atoms with E-state index >= 15 is 0 Å². The van der Waals surface area contributed by atoms with Crippen LogP contribution in [0, 0.1) is 17.6 Å². The van der Waals surface area contributed by atoms with Crippen LogP contribution in [0.25, 0.3) is 11.4 Å². The number of carbonyl (C=O) groups excluding carboxylic acids is 2. The van der Waals surface area contributed by atoms with Gasteiger partial charge in [0, 0.05) is 49.2 Å². The zero-order chi connectivity index (χ0) is 27.3. The second kappa shape index (κ2) is 11.3. The highest BCUT2D eigenvalue weighted by Gasteiger charge is 2.31. The van der Waals surface area contributed by atoms with Crippen molar-refractivity contribution in [3.05, 3.63) is 71.2 Å². The van der Waals surface area contributed by atoms with E-state index in [4.69, 9.17) is 0 Å². The maximum Gasteiger partial charge on any atom is 0.417 e. The van der Waals surface area contributed by atoms with Gasteiger partial charge < -0.3 is 16.0 Å². The molecule has 13 heteroatoms. The number of alkyl halides is 3. The lowest BCUT2D eigenvalue weighted by Crippen LogP contribution is -2.49. The van der Waals surface area contributed by atoms with Crippen LogP contribution in [0.4, 0.5) is 27.8 Å². The molecular formula is C24H23F5N6O2. The van der Waals surface area contributed by atoms with Crippen LogP contribution in [0.2, 0.25) is 0 Å². The van der Waals surface area contributed by atoms with Gasteiger partial charge in [0.15, 0.2) is 5.82 Å². The van der Waals surface area contributed by atoms with E-state index in [1.807, 2.05) is 0 Å². The number of hydrogen-bond donors (Lipinski definition) is 3. The Morgan fingerprint density at radius 1 is 1.03 bits per heavy atom. The lowest BCUT2D eigenvalue weighted by Gasteiger charge is -2.20. The number of aromatic nitrogens is 3.